The maximum absolute atomic E-state index is 14.8. The van der Waals surface area contributed by atoms with E-state index in [9.17, 15) is 13.9 Å². The van der Waals surface area contributed by atoms with Crippen molar-refractivity contribution in [1.82, 2.24) is 24.9 Å². The first-order valence-electron chi connectivity index (χ1n) is 9.77. The van der Waals surface area contributed by atoms with E-state index in [1.807, 2.05) is 25.3 Å². The Morgan fingerprint density at radius 2 is 2.03 bits per heavy atom. The number of ether oxygens (including phenoxy) is 1. The predicted molar refractivity (Wildman–Crippen MR) is 108 cm³/mol. The number of fused-ring (bicyclic) bond motifs is 2. The molecule has 2 bridgehead atoms. The number of benzene rings is 1. The van der Waals surface area contributed by atoms with Crippen LogP contribution in [0.3, 0.4) is 0 Å². The Balaban J connectivity index is 1.34. The predicted octanol–water partition coefficient (Wildman–Crippen LogP) is 3.30. The van der Waals surface area contributed by atoms with Gasteiger partial charge in [-0.1, -0.05) is 16.4 Å². The Morgan fingerprint density at radius 3 is 2.77 bits per heavy atom. The summed E-state index contributed by atoms with van der Waals surface area (Å²) in [4.78, 5) is 1.78. The number of halogens is 2. The highest BCUT2D eigenvalue weighted by molar-refractivity contribution is 7.16. The summed E-state index contributed by atoms with van der Waals surface area (Å²) in [7, 11) is 1.76. The zero-order valence-corrected chi connectivity index (χ0v) is 17.3. The number of rotatable bonds is 4. The molecule has 4 heterocycles. The highest BCUT2D eigenvalue weighted by Gasteiger charge is 2.53. The molecule has 10 heteroatoms. The summed E-state index contributed by atoms with van der Waals surface area (Å²) in [5.74, 6) is 0.0318. The summed E-state index contributed by atoms with van der Waals surface area (Å²) in [5, 5.41) is 23.5. The molecule has 5 rings (SSSR count). The van der Waals surface area contributed by atoms with Crippen LogP contribution in [0.2, 0.25) is 0 Å². The summed E-state index contributed by atoms with van der Waals surface area (Å²) in [6.45, 7) is 1.89. The number of hydrogen-bond donors (Lipinski definition) is 1. The normalized spacial score (nSPS) is 28.7. The number of hydrogen-bond acceptors (Lipinski definition) is 7. The molecule has 0 spiro atoms. The third-order valence-corrected chi connectivity index (χ3v) is 6.80. The fourth-order valence-electron chi connectivity index (χ4n) is 4.38. The molecule has 5 unspecified atom stereocenters. The minimum Gasteiger partial charge on any atom is -0.507 e. The van der Waals surface area contributed by atoms with Gasteiger partial charge in [0.2, 0.25) is 0 Å². The van der Waals surface area contributed by atoms with Gasteiger partial charge in [0.05, 0.1) is 23.0 Å². The standard InChI is InChI=1S/C20H21F2N5O2S/c1-10-5-6-27(25-10)11-3-4-13(15(28)8-11)19-23-24-20(30-19)29-16-9-12-7-14(21)18(17(16)22)26(12)2/h3-6,8,12,14,16-18,28H,7,9H2,1-2H3. The Hall–Kier alpha value is -2.59. The van der Waals surface area contributed by atoms with Gasteiger partial charge in [-0.25, -0.2) is 13.5 Å². The molecule has 2 saturated heterocycles. The molecule has 2 aromatic heterocycles. The molecular weight excluding hydrogens is 412 g/mol. The Labute approximate surface area is 175 Å². The van der Waals surface area contributed by atoms with E-state index in [0.29, 0.717) is 29.1 Å². The average molecular weight is 433 g/mol. The van der Waals surface area contributed by atoms with E-state index in [1.54, 1.807) is 28.8 Å². The van der Waals surface area contributed by atoms with Crippen LogP contribution < -0.4 is 4.74 Å². The van der Waals surface area contributed by atoms with Gasteiger partial charge in [0.1, 0.15) is 18.0 Å². The number of alkyl halides is 2. The Bertz CT molecular complexity index is 1070. The van der Waals surface area contributed by atoms with Gasteiger partial charge >= 0.3 is 0 Å². The van der Waals surface area contributed by atoms with Gasteiger partial charge in [-0.3, -0.25) is 4.90 Å². The average Bonchev–Trinajstić information content (AvgIpc) is 3.39. The minimum atomic E-state index is -1.43. The lowest BCUT2D eigenvalue weighted by Crippen LogP contribution is -2.54. The Kier molecular flexibility index (Phi) is 4.70. The molecule has 3 aromatic rings. The van der Waals surface area contributed by atoms with Crippen LogP contribution in [0.15, 0.2) is 30.5 Å². The zero-order chi connectivity index (χ0) is 21.0. The number of nitrogens with zero attached hydrogens (tertiary/aromatic N) is 5. The van der Waals surface area contributed by atoms with Crippen molar-refractivity contribution in [3.05, 3.63) is 36.2 Å². The first-order chi connectivity index (χ1) is 14.4. The van der Waals surface area contributed by atoms with Gasteiger partial charge in [0, 0.05) is 24.7 Å². The summed E-state index contributed by atoms with van der Waals surface area (Å²) >= 11 is 1.13. The van der Waals surface area contributed by atoms with Crippen LogP contribution in [-0.2, 0) is 0 Å². The zero-order valence-electron chi connectivity index (χ0n) is 16.4. The molecule has 2 aliphatic heterocycles. The van der Waals surface area contributed by atoms with E-state index in [-0.39, 0.29) is 17.0 Å². The van der Waals surface area contributed by atoms with Gasteiger partial charge in [0.25, 0.3) is 5.19 Å². The van der Waals surface area contributed by atoms with Gasteiger partial charge in [-0.15, -0.1) is 5.10 Å². The molecular formula is C20H21F2N5O2S. The first kappa shape index (κ1) is 19.4. The van der Waals surface area contributed by atoms with Crippen LogP contribution in [0.25, 0.3) is 16.3 Å². The smallest absolute Gasteiger partial charge is 0.294 e. The minimum absolute atomic E-state index is 0.0306. The summed E-state index contributed by atoms with van der Waals surface area (Å²) < 4.78 is 36.4. The molecule has 2 fully saturated rings. The number of phenolic OH excluding ortho intramolecular Hbond substituents is 1. The molecule has 1 aromatic carbocycles. The van der Waals surface area contributed by atoms with Crippen LogP contribution in [0.4, 0.5) is 8.78 Å². The van der Waals surface area contributed by atoms with Crippen LogP contribution >= 0.6 is 11.3 Å². The van der Waals surface area contributed by atoms with Crippen molar-refractivity contribution >= 4 is 11.3 Å². The van der Waals surface area contributed by atoms with Crippen LogP contribution in [0, 0.1) is 6.92 Å². The third kappa shape index (κ3) is 3.24. The molecule has 0 amide bonds. The van der Waals surface area contributed by atoms with E-state index in [2.05, 4.69) is 15.3 Å². The van der Waals surface area contributed by atoms with Crippen molar-refractivity contribution in [2.24, 2.45) is 0 Å². The van der Waals surface area contributed by atoms with Crippen molar-refractivity contribution in [1.29, 1.82) is 0 Å². The van der Waals surface area contributed by atoms with E-state index >= 15 is 0 Å². The van der Waals surface area contributed by atoms with E-state index < -0.39 is 24.5 Å². The third-order valence-electron chi connectivity index (χ3n) is 5.96. The first-order valence-corrected chi connectivity index (χ1v) is 10.6. The number of phenols is 1. The molecule has 0 aliphatic carbocycles. The van der Waals surface area contributed by atoms with Gasteiger partial charge in [0.15, 0.2) is 11.2 Å². The lowest BCUT2D eigenvalue weighted by atomic mass is 9.98. The van der Waals surface area contributed by atoms with Crippen molar-refractivity contribution in [3.8, 4) is 27.2 Å². The summed E-state index contributed by atoms with van der Waals surface area (Å²) in [6, 6.07) is 6.21. The quantitative estimate of drug-likeness (QED) is 0.680. The molecule has 7 nitrogen and oxygen atoms in total. The monoisotopic (exact) mass is 433 g/mol. The second kappa shape index (κ2) is 7.28. The molecule has 158 valence electrons. The molecule has 5 atom stereocenters. The topological polar surface area (TPSA) is 76.3 Å². The Morgan fingerprint density at radius 1 is 1.20 bits per heavy atom. The van der Waals surface area contributed by atoms with E-state index in [0.717, 1.165) is 17.0 Å². The van der Waals surface area contributed by atoms with Crippen molar-refractivity contribution in [2.45, 2.75) is 50.3 Å². The van der Waals surface area contributed by atoms with Gasteiger partial charge < -0.3 is 9.84 Å². The number of aryl methyl sites for hydroxylation is 1. The lowest BCUT2D eigenvalue weighted by Gasteiger charge is -2.38. The number of aromatic hydroxyl groups is 1. The highest BCUT2D eigenvalue weighted by Crippen LogP contribution is 2.41. The number of piperidine rings is 1. The second-order valence-electron chi connectivity index (χ2n) is 7.87. The van der Waals surface area contributed by atoms with Crippen molar-refractivity contribution in [3.63, 3.8) is 0 Å². The molecule has 30 heavy (non-hydrogen) atoms. The van der Waals surface area contributed by atoms with Crippen molar-refractivity contribution < 1.29 is 18.6 Å². The molecule has 2 aliphatic rings. The van der Waals surface area contributed by atoms with Gasteiger partial charge in [-0.05, 0) is 38.6 Å². The molecule has 0 saturated carbocycles. The highest BCUT2D eigenvalue weighted by atomic mass is 32.1. The second-order valence-corrected chi connectivity index (χ2v) is 8.81. The SMILES string of the molecule is Cc1ccn(-c2ccc(-c3nnc(OC4CC5CC(F)C(C4F)N5C)s3)c(O)c2)n1. The molecule has 0 radical (unpaired) electrons. The van der Waals surface area contributed by atoms with E-state index in [1.165, 1.54) is 0 Å². The van der Waals surface area contributed by atoms with Crippen LogP contribution in [0.1, 0.15) is 18.5 Å². The summed E-state index contributed by atoms with van der Waals surface area (Å²) in [5.41, 5.74) is 2.09. The fourth-order valence-corrected chi connectivity index (χ4v) is 5.16. The van der Waals surface area contributed by atoms with Crippen LogP contribution in [-0.4, -0.2) is 67.6 Å². The maximum Gasteiger partial charge on any atom is 0.294 e. The van der Waals surface area contributed by atoms with Crippen molar-refractivity contribution in [2.75, 3.05) is 7.05 Å². The lowest BCUT2D eigenvalue weighted by molar-refractivity contribution is -0.0222. The summed E-state index contributed by atoms with van der Waals surface area (Å²) in [6.07, 6.45) is -0.809. The number of aromatic nitrogens is 4. The molecule has 1 N–H and O–H groups in total. The van der Waals surface area contributed by atoms with Gasteiger partial charge in [-0.2, -0.15) is 5.10 Å². The largest absolute Gasteiger partial charge is 0.507 e. The van der Waals surface area contributed by atoms with E-state index in [4.69, 9.17) is 4.74 Å². The van der Waals surface area contributed by atoms with Crippen LogP contribution in [0.5, 0.6) is 10.9 Å². The fraction of sp³-hybridized carbons (Fsp3) is 0.450. The maximum atomic E-state index is 14.8.